The van der Waals surface area contributed by atoms with Gasteiger partial charge in [0.1, 0.15) is 6.10 Å². The van der Waals surface area contributed by atoms with Crippen molar-refractivity contribution < 1.29 is 14.3 Å². The van der Waals surface area contributed by atoms with E-state index in [2.05, 4.69) is 44.5 Å². The van der Waals surface area contributed by atoms with Crippen LogP contribution in [0.2, 0.25) is 18.1 Å². The van der Waals surface area contributed by atoms with Gasteiger partial charge in [0.2, 0.25) is 5.91 Å². The first-order chi connectivity index (χ1) is 14.6. The quantitative estimate of drug-likeness (QED) is 0.561. The Morgan fingerprint density at radius 2 is 1.61 bits per heavy atom. The van der Waals surface area contributed by atoms with Crippen molar-refractivity contribution in [1.29, 1.82) is 0 Å². The van der Waals surface area contributed by atoms with E-state index in [1.165, 1.54) is 0 Å². The number of aliphatic hydroxyl groups excluding tert-OH is 1. The van der Waals surface area contributed by atoms with Crippen LogP contribution >= 0.6 is 0 Å². The van der Waals surface area contributed by atoms with Crippen molar-refractivity contribution in [3.8, 4) is 0 Å². The normalized spacial score (nSPS) is 21.5. The maximum atomic E-state index is 13.1. The molecule has 0 unspecified atom stereocenters. The van der Waals surface area contributed by atoms with Crippen LogP contribution in [0.4, 0.5) is 0 Å². The molecule has 1 fully saturated rings. The third kappa shape index (κ3) is 5.83. The third-order valence-corrected chi connectivity index (χ3v) is 11.1. The van der Waals surface area contributed by atoms with Crippen LogP contribution in [-0.4, -0.2) is 38.0 Å². The molecule has 168 valence electrons. The summed E-state index contributed by atoms with van der Waals surface area (Å²) in [7, 11) is -1.89. The highest BCUT2D eigenvalue weighted by Gasteiger charge is 2.42. The van der Waals surface area contributed by atoms with Crippen LogP contribution in [0.25, 0.3) is 0 Å². The highest BCUT2D eigenvalue weighted by Crippen LogP contribution is 2.38. The smallest absolute Gasteiger partial charge is 0.237 e. The van der Waals surface area contributed by atoms with E-state index >= 15 is 0 Å². The van der Waals surface area contributed by atoms with Crippen LogP contribution in [0.15, 0.2) is 60.7 Å². The second kappa shape index (κ2) is 9.65. The van der Waals surface area contributed by atoms with Gasteiger partial charge in [-0.3, -0.25) is 4.79 Å². The second-order valence-electron chi connectivity index (χ2n) is 9.95. The molecule has 1 aliphatic heterocycles. The molecule has 4 atom stereocenters. The summed E-state index contributed by atoms with van der Waals surface area (Å²) in [4.78, 5) is 13.1. The molecular formula is C25H36N2O3Si. The maximum Gasteiger partial charge on any atom is 0.237 e. The van der Waals surface area contributed by atoms with Crippen molar-refractivity contribution in [3.05, 3.63) is 71.8 Å². The van der Waals surface area contributed by atoms with Crippen LogP contribution < -0.4 is 10.6 Å². The Morgan fingerprint density at radius 1 is 1.06 bits per heavy atom. The lowest BCUT2D eigenvalue weighted by Crippen LogP contribution is -2.44. The van der Waals surface area contributed by atoms with Gasteiger partial charge in [-0.25, -0.2) is 0 Å². The van der Waals surface area contributed by atoms with Gasteiger partial charge in [-0.1, -0.05) is 81.4 Å². The molecule has 6 heteroatoms. The number of carbonyl (C=O) groups is 1. The van der Waals surface area contributed by atoms with Crippen LogP contribution in [0.1, 0.15) is 50.5 Å². The first kappa shape index (κ1) is 23.7. The zero-order valence-corrected chi connectivity index (χ0v) is 20.3. The van der Waals surface area contributed by atoms with E-state index in [4.69, 9.17) is 4.43 Å². The molecule has 0 saturated carbocycles. The summed E-state index contributed by atoms with van der Waals surface area (Å²) < 4.78 is 6.50. The van der Waals surface area contributed by atoms with E-state index in [0.717, 1.165) is 11.1 Å². The molecule has 2 aromatic carbocycles. The van der Waals surface area contributed by atoms with E-state index < -0.39 is 20.5 Å². The molecule has 2 aromatic rings. The average molecular weight is 441 g/mol. The lowest BCUT2D eigenvalue weighted by molar-refractivity contribution is -0.124. The molecule has 0 aliphatic carbocycles. The number of aliphatic hydroxyl groups is 1. The first-order valence-electron chi connectivity index (χ1n) is 11.1. The number of hydrogen-bond acceptors (Lipinski definition) is 4. The molecule has 1 saturated heterocycles. The molecule has 5 nitrogen and oxygen atoms in total. The molecule has 3 rings (SSSR count). The largest absolute Gasteiger partial charge is 0.413 e. The molecule has 0 aromatic heterocycles. The monoisotopic (exact) mass is 440 g/mol. The molecule has 1 aliphatic rings. The van der Waals surface area contributed by atoms with Crippen molar-refractivity contribution >= 4 is 14.2 Å². The van der Waals surface area contributed by atoms with Crippen LogP contribution in [0.5, 0.6) is 0 Å². The summed E-state index contributed by atoms with van der Waals surface area (Å²) in [5, 5.41) is 17.6. The van der Waals surface area contributed by atoms with Gasteiger partial charge in [-0.15, -0.1) is 0 Å². The topological polar surface area (TPSA) is 70.6 Å². The van der Waals surface area contributed by atoms with Gasteiger partial charge in [0, 0.05) is 6.54 Å². The highest BCUT2D eigenvalue weighted by molar-refractivity contribution is 6.74. The average Bonchev–Trinajstić information content (AvgIpc) is 3.20. The molecule has 0 radical (unpaired) electrons. The Kier molecular flexibility index (Phi) is 7.37. The predicted molar refractivity (Wildman–Crippen MR) is 127 cm³/mol. The molecule has 3 N–H and O–H groups in total. The van der Waals surface area contributed by atoms with Crippen molar-refractivity contribution in [1.82, 2.24) is 10.6 Å². The minimum atomic E-state index is -1.89. The summed E-state index contributed by atoms with van der Waals surface area (Å²) >= 11 is 0. The zero-order chi connectivity index (χ0) is 22.6. The van der Waals surface area contributed by atoms with E-state index in [0.29, 0.717) is 13.0 Å². The van der Waals surface area contributed by atoms with Crippen molar-refractivity contribution in [3.63, 3.8) is 0 Å². The number of benzene rings is 2. The van der Waals surface area contributed by atoms with Crippen LogP contribution in [-0.2, 0) is 9.22 Å². The Morgan fingerprint density at radius 3 is 2.16 bits per heavy atom. The van der Waals surface area contributed by atoms with Crippen LogP contribution in [0, 0.1) is 0 Å². The standard InChI is InChI=1S/C25H36N2O3Si/c1-25(2,3)31(4,5)30-20-16-21(26-17-20)24(29)27-22(18-12-8-6-9-13-18)23(28)19-14-10-7-11-15-19/h6-15,20-23,26,28H,16-17H2,1-5H3,(H,27,29)/t20-,21+,22-,23-/m1/s1. The highest BCUT2D eigenvalue weighted by atomic mass is 28.4. The maximum absolute atomic E-state index is 13.1. The fraction of sp³-hybridized carbons (Fsp3) is 0.480. The van der Waals surface area contributed by atoms with Crippen molar-refractivity contribution in [2.45, 2.75) is 69.6 Å². The Labute approximate surface area is 187 Å². The predicted octanol–water partition coefficient (Wildman–Crippen LogP) is 4.33. The molecule has 0 bridgehead atoms. The fourth-order valence-electron chi connectivity index (χ4n) is 3.69. The van der Waals surface area contributed by atoms with Gasteiger partial charge in [-0.05, 0) is 35.7 Å². The third-order valence-electron chi connectivity index (χ3n) is 6.59. The van der Waals surface area contributed by atoms with E-state index in [-0.39, 0.29) is 23.1 Å². The second-order valence-corrected chi connectivity index (χ2v) is 14.7. The van der Waals surface area contributed by atoms with Gasteiger partial charge in [0.05, 0.1) is 18.2 Å². The minimum Gasteiger partial charge on any atom is -0.413 e. The number of carbonyl (C=O) groups excluding carboxylic acids is 1. The summed E-state index contributed by atoms with van der Waals surface area (Å²) in [5.41, 5.74) is 1.65. The van der Waals surface area contributed by atoms with E-state index in [9.17, 15) is 9.90 Å². The van der Waals surface area contributed by atoms with E-state index in [1.54, 1.807) is 0 Å². The SMILES string of the molecule is CC(C)(C)[Si](C)(C)O[C@H]1CN[C@H](C(=O)N[C@H](c2ccccc2)[C@H](O)c2ccccc2)C1. The summed E-state index contributed by atoms with van der Waals surface area (Å²) in [6.07, 6.45) is -0.166. The summed E-state index contributed by atoms with van der Waals surface area (Å²) in [6, 6.07) is 18.2. The summed E-state index contributed by atoms with van der Waals surface area (Å²) in [6.45, 7) is 11.8. The molecular weight excluding hydrogens is 404 g/mol. The Balaban J connectivity index is 1.70. The number of rotatable bonds is 7. The van der Waals surface area contributed by atoms with Crippen LogP contribution in [0.3, 0.4) is 0 Å². The Bertz CT molecular complexity index is 852. The lowest BCUT2D eigenvalue weighted by atomic mass is 9.95. The minimum absolute atomic E-state index is 0.0332. The van der Waals surface area contributed by atoms with Gasteiger partial charge in [0.25, 0.3) is 0 Å². The molecule has 31 heavy (non-hydrogen) atoms. The van der Waals surface area contributed by atoms with Gasteiger partial charge in [-0.2, -0.15) is 0 Å². The zero-order valence-electron chi connectivity index (χ0n) is 19.3. The molecule has 1 amide bonds. The number of hydrogen-bond donors (Lipinski definition) is 3. The lowest BCUT2D eigenvalue weighted by Gasteiger charge is -2.38. The van der Waals surface area contributed by atoms with Gasteiger partial charge < -0.3 is 20.2 Å². The molecule has 1 heterocycles. The van der Waals surface area contributed by atoms with E-state index in [1.807, 2.05) is 60.7 Å². The number of nitrogens with one attached hydrogen (secondary N) is 2. The molecule has 0 spiro atoms. The van der Waals surface area contributed by atoms with Gasteiger partial charge >= 0.3 is 0 Å². The fourth-order valence-corrected chi connectivity index (χ4v) is 5.05. The van der Waals surface area contributed by atoms with Crippen molar-refractivity contribution in [2.24, 2.45) is 0 Å². The summed E-state index contributed by atoms with van der Waals surface area (Å²) in [5.74, 6) is -0.106. The Hall–Kier alpha value is -1.99. The van der Waals surface area contributed by atoms with Gasteiger partial charge in [0.15, 0.2) is 8.32 Å². The first-order valence-corrected chi connectivity index (χ1v) is 14.0. The van der Waals surface area contributed by atoms with Crippen molar-refractivity contribution in [2.75, 3.05) is 6.54 Å². The number of amides is 1.